The number of thioether (sulfide) groups is 1. The molecular weight excluding hydrogens is 433 g/mol. The van der Waals surface area contributed by atoms with Crippen molar-refractivity contribution in [2.75, 3.05) is 17.3 Å². The number of amidine groups is 1. The van der Waals surface area contributed by atoms with E-state index in [9.17, 15) is 9.59 Å². The fraction of sp³-hybridized carbons (Fsp3) is 0.118. The minimum atomic E-state index is -0.507. The Balaban J connectivity index is 1.64. The Morgan fingerprint density at radius 2 is 1.96 bits per heavy atom. The Morgan fingerprint density at radius 3 is 2.70 bits per heavy atom. The first kappa shape index (κ1) is 19.8. The van der Waals surface area contributed by atoms with E-state index in [0.717, 1.165) is 0 Å². The van der Waals surface area contributed by atoms with Crippen LogP contribution in [0.25, 0.3) is 0 Å². The molecule has 0 atom stereocenters. The van der Waals surface area contributed by atoms with Gasteiger partial charge in [-0.05, 0) is 30.3 Å². The van der Waals surface area contributed by atoms with E-state index in [4.69, 9.17) is 39.5 Å². The molecule has 3 rings (SSSR count). The summed E-state index contributed by atoms with van der Waals surface area (Å²) in [6.45, 7) is -0.303. The molecule has 0 spiro atoms. The van der Waals surface area contributed by atoms with Crippen LogP contribution in [0.5, 0.6) is 5.75 Å². The first-order valence-electron chi connectivity index (χ1n) is 7.60. The van der Waals surface area contributed by atoms with Crippen LogP contribution in [0.3, 0.4) is 0 Å². The number of nitrogens with one attached hydrogen (secondary N) is 1. The van der Waals surface area contributed by atoms with Crippen LogP contribution in [0.1, 0.15) is 0 Å². The second kappa shape index (κ2) is 8.84. The molecule has 0 unspecified atom stereocenters. The number of hydrogen-bond donors (Lipinski definition) is 1. The maximum Gasteiger partial charge on any atom is 0.278 e. The van der Waals surface area contributed by atoms with E-state index in [-0.39, 0.29) is 18.3 Å². The Hall–Kier alpha value is -1.93. The van der Waals surface area contributed by atoms with Crippen molar-refractivity contribution in [3.8, 4) is 5.75 Å². The fourth-order valence-corrected chi connectivity index (χ4v) is 3.70. The molecule has 1 saturated heterocycles. The molecule has 1 heterocycles. The Labute approximate surface area is 174 Å². The number of rotatable bonds is 5. The van der Waals surface area contributed by atoms with Gasteiger partial charge in [-0.1, -0.05) is 58.7 Å². The zero-order chi connectivity index (χ0) is 19.4. The average Bonchev–Trinajstić information content (AvgIpc) is 3.00. The highest BCUT2D eigenvalue weighted by Gasteiger charge is 2.31. The number of anilines is 1. The summed E-state index contributed by atoms with van der Waals surface area (Å²) < 4.78 is 5.34. The van der Waals surface area contributed by atoms with Crippen LogP contribution in [0.4, 0.5) is 5.69 Å². The van der Waals surface area contributed by atoms with Crippen LogP contribution in [0, 0.1) is 0 Å². The number of amides is 2. The summed E-state index contributed by atoms with van der Waals surface area (Å²) in [4.78, 5) is 25.5. The molecule has 1 aliphatic heterocycles. The van der Waals surface area contributed by atoms with Gasteiger partial charge in [-0.3, -0.25) is 14.5 Å². The highest BCUT2D eigenvalue weighted by molar-refractivity contribution is 8.15. The number of ether oxygens (including phenoxy) is 1. The van der Waals surface area contributed by atoms with Gasteiger partial charge >= 0.3 is 0 Å². The van der Waals surface area contributed by atoms with Crippen LogP contribution in [-0.2, 0) is 9.59 Å². The molecule has 1 fully saturated rings. The van der Waals surface area contributed by atoms with Gasteiger partial charge < -0.3 is 4.74 Å². The lowest BCUT2D eigenvalue weighted by atomic mass is 10.3. The second-order valence-corrected chi connectivity index (χ2v) is 7.46. The van der Waals surface area contributed by atoms with Gasteiger partial charge in [0.15, 0.2) is 11.8 Å². The highest BCUT2D eigenvalue weighted by Crippen LogP contribution is 2.32. The Kier molecular flexibility index (Phi) is 6.49. The highest BCUT2D eigenvalue weighted by atomic mass is 35.5. The minimum Gasteiger partial charge on any atom is -0.482 e. The van der Waals surface area contributed by atoms with Gasteiger partial charge in [0, 0.05) is 5.02 Å². The smallest absolute Gasteiger partial charge is 0.278 e. The molecule has 140 valence electrons. The van der Waals surface area contributed by atoms with Crippen molar-refractivity contribution in [1.82, 2.24) is 5.43 Å². The van der Waals surface area contributed by atoms with Crippen LogP contribution in [-0.4, -0.2) is 29.3 Å². The van der Waals surface area contributed by atoms with Gasteiger partial charge in [-0.2, -0.15) is 0 Å². The maximum absolute atomic E-state index is 12.2. The lowest BCUT2D eigenvalue weighted by molar-refractivity contribution is -0.123. The number of benzene rings is 2. The average molecular weight is 445 g/mol. The summed E-state index contributed by atoms with van der Waals surface area (Å²) in [6, 6.07) is 11.6. The van der Waals surface area contributed by atoms with Crippen LogP contribution in [0.15, 0.2) is 47.6 Å². The summed E-state index contributed by atoms with van der Waals surface area (Å²) in [7, 11) is 0. The quantitative estimate of drug-likeness (QED) is 0.702. The first-order chi connectivity index (χ1) is 13.0. The van der Waals surface area contributed by atoms with Gasteiger partial charge in [-0.15, -0.1) is 5.10 Å². The molecule has 10 heteroatoms. The number of halogens is 3. The molecule has 0 radical (unpaired) electrons. The standard InChI is InChI=1S/C17H12Cl3N3O3S/c18-10-5-6-14(12(20)7-10)26-8-15(24)21-22-17-23(16(25)9-27-17)13-4-2-1-3-11(13)19/h1-7H,8-9H2,(H,21,24)/b22-17+. The van der Waals surface area contributed by atoms with Crippen molar-refractivity contribution >= 4 is 69.2 Å². The molecule has 0 bridgehead atoms. The summed E-state index contributed by atoms with van der Waals surface area (Å²) in [5, 5.41) is 5.51. The molecule has 2 aromatic rings. The zero-order valence-electron chi connectivity index (χ0n) is 13.6. The van der Waals surface area contributed by atoms with E-state index in [1.54, 1.807) is 36.4 Å². The minimum absolute atomic E-state index is 0.176. The molecular formula is C17H12Cl3N3O3S. The van der Waals surface area contributed by atoms with E-state index in [2.05, 4.69) is 10.5 Å². The molecule has 6 nitrogen and oxygen atoms in total. The van der Waals surface area contributed by atoms with Crippen molar-refractivity contribution in [2.24, 2.45) is 5.10 Å². The zero-order valence-corrected chi connectivity index (χ0v) is 16.7. The first-order valence-corrected chi connectivity index (χ1v) is 9.72. The summed E-state index contributed by atoms with van der Waals surface area (Å²) in [5.74, 6) is -0.151. The van der Waals surface area contributed by atoms with E-state index >= 15 is 0 Å². The number of carbonyl (C=O) groups is 2. The van der Waals surface area contributed by atoms with Gasteiger partial charge in [0.05, 0.1) is 21.5 Å². The van der Waals surface area contributed by atoms with Gasteiger partial charge in [-0.25, -0.2) is 5.43 Å². The van der Waals surface area contributed by atoms with E-state index in [0.29, 0.717) is 31.7 Å². The Morgan fingerprint density at radius 1 is 1.19 bits per heavy atom. The van der Waals surface area contributed by atoms with Crippen LogP contribution >= 0.6 is 46.6 Å². The summed E-state index contributed by atoms with van der Waals surface area (Å²) >= 11 is 19.1. The van der Waals surface area contributed by atoms with E-state index in [1.165, 1.54) is 22.7 Å². The number of para-hydroxylation sites is 1. The SMILES string of the molecule is O=C(COc1ccc(Cl)cc1Cl)N/N=C1/SCC(=O)N1c1ccccc1Cl. The maximum atomic E-state index is 12.2. The third-order valence-electron chi connectivity index (χ3n) is 3.39. The molecule has 1 N–H and O–H groups in total. The predicted octanol–water partition coefficient (Wildman–Crippen LogP) is 4.19. The summed E-state index contributed by atoms with van der Waals surface area (Å²) in [6.07, 6.45) is 0. The molecule has 0 aromatic heterocycles. The number of hydrazone groups is 1. The number of hydrogen-bond acceptors (Lipinski definition) is 5. The normalized spacial score (nSPS) is 15.3. The van der Waals surface area contributed by atoms with Crippen LogP contribution in [0.2, 0.25) is 15.1 Å². The van der Waals surface area contributed by atoms with Crippen molar-refractivity contribution in [3.63, 3.8) is 0 Å². The second-order valence-electron chi connectivity index (χ2n) is 5.26. The molecule has 27 heavy (non-hydrogen) atoms. The molecule has 2 aromatic carbocycles. The topological polar surface area (TPSA) is 71.0 Å². The largest absolute Gasteiger partial charge is 0.482 e. The van der Waals surface area contributed by atoms with Crippen LogP contribution < -0.4 is 15.1 Å². The monoisotopic (exact) mass is 443 g/mol. The summed E-state index contributed by atoms with van der Waals surface area (Å²) in [5.41, 5.74) is 2.87. The predicted molar refractivity (Wildman–Crippen MR) is 109 cm³/mol. The van der Waals surface area contributed by atoms with Gasteiger partial charge in [0.1, 0.15) is 5.75 Å². The lowest BCUT2D eigenvalue weighted by Gasteiger charge is -2.17. The van der Waals surface area contributed by atoms with Crippen molar-refractivity contribution in [3.05, 3.63) is 57.5 Å². The van der Waals surface area contributed by atoms with Crippen molar-refractivity contribution < 1.29 is 14.3 Å². The lowest BCUT2D eigenvalue weighted by Crippen LogP contribution is -2.32. The van der Waals surface area contributed by atoms with E-state index in [1.807, 2.05) is 0 Å². The molecule has 0 saturated carbocycles. The number of nitrogens with zero attached hydrogens (tertiary/aromatic N) is 2. The number of carbonyl (C=O) groups excluding carboxylic acids is 2. The fourth-order valence-electron chi connectivity index (χ4n) is 2.19. The third kappa shape index (κ3) is 4.87. The van der Waals surface area contributed by atoms with Gasteiger partial charge in [0.25, 0.3) is 5.91 Å². The van der Waals surface area contributed by atoms with Gasteiger partial charge in [0.2, 0.25) is 5.91 Å². The molecule has 0 aliphatic carbocycles. The van der Waals surface area contributed by atoms with E-state index < -0.39 is 5.91 Å². The third-order valence-corrected chi connectivity index (χ3v) is 5.16. The van der Waals surface area contributed by atoms with Crippen molar-refractivity contribution in [1.29, 1.82) is 0 Å². The molecule has 1 aliphatic rings. The molecule has 2 amide bonds. The van der Waals surface area contributed by atoms with Crippen molar-refractivity contribution in [2.45, 2.75) is 0 Å². The Bertz CT molecular complexity index is 923.